The number of rotatable bonds is 11. The van der Waals surface area contributed by atoms with Gasteiger partial charge in [0.05, 0.1) is 25.9 Å². The monoisotopic (exact) mass is 372 g/mol. The molecular formula is C20H36O6. The van der Waals surface area contributed by atoms with Crippen LogP contribution in [0.15, 0.2) is 12.7 Å². The van der Waals surface area contributed by atoms with Crippen LogP contribution in [-0.2, 0) is 28.5 Å². The van der Waals surface area contributed by atoms with Gasteiger partial charge in [-0.1, -0.05) is 19.4 Å². The number of carbonyl (C=O) groups excluding carboxylic acids is 1. The van der Waals surface area contributed by atoms with Gasteiger partial charge in [-0.2, -0.15) is 0 Å². The summed E-state index contributed by atoms with van der Waals surface area (Å²) in [6.07, 6.45) is 2.63. The molecule has 0 bridgehead atoms. The van der Waals surface area contributed by atoms with E-state index in [0.29, 0.717) is 26.4 Å². The molecule has 0 spiro atoms. The third-order valence-electron chi connectivity index (χ3n) is 3.89. The number of hydrogen-bond acceptors (Lipinski definition) is 6. The molecule has 1 aliphatic heterocycles. The molecule has 0 aliphatic carbocycles. The topological polar surface area (TPSA) is 63.2 Å². The maximum atomic E-state index is 12.7. The zero-order valence-corrected chi connectivity index (χ0v) is 17.2. The Hall–Kier alpha value is -0.950. The van der Waals surface area contributed by atoms with Crippen LogP contribution < -0.4 is 0 Å². The summed E-state index contributed by atoms with van der Waals surface area (Å²) in [4.78, 5) is 12.7. The Morgan fingerprint density at radius 3 is 2.50 bits per heavy atom. The van der Waals surface area contributed by atoms with Gasteiger partial charge in [-0.25, -0.2) is 4.79 Å². The van der Waals surface area contributed by atoms with Crippen molar-refractivity contribution >= 4 is 5.97 Å². The smallest absolute Gasteiger partial charge is 0.336 e. The molecule has 1 heterocycles. The maximum Gasteiger partial charge on any atom is 0.336 e. The van der Waals surface area contributed by atoms with E-state index in [2.05, 4.69) is 13.5 Å². The van der Waals surface area contributed by atoms with E-state index in [1.807, 2.05) is 34.6 Å². The number of unbranched alkanes of at least 4 members (excludes halogenated alkanes) is 1. The minimum Gasteiger partial charge on any atom is -0.458 e. The molecule has 0 radical (unpaired) electrons. The van der Waals surface area contributed by atoms with Gasteiger partial charge in [0.2, 0.25) is 0 Å². The van der Waals surface area contributed by atoms with Crippen molar-refractivity contribution in [1.82, 2.24) is 0 Å². The second-order valence-corrected chi connectivity index (χ2v) is 7.97. The van der Waals surface area contributed by atoms with E-state index in [1.54, 1.807) is 6.08 Å². The first-order valence-corrected chi connectivity index (χ1v) is 9.46. The molecule has 0 saturated carbocycles. The highest BCUT2D eigenvalue weighted by molar-refractivity contribution is 5.76. The van der Waals surface area contributed by atoms with E-state index in [0.717, 1.165) is 12.8 Å². The summed E-state index contributed by atoms with van der Waals surface area (Å²) in [5.74, 6) is -1.49. The second kappa shape index (κ2) is 10.4. The van der Waals surface area contributed by atoms with E-state index < -0.39 is 23.5 Å². The Kier molecular flexibility index (Phi) is 9.24. The fraction of sp³-hybridized carbons (Fsp3) is 0.850. The van der Waals surface area contributed by atoms with Gasteiger partial charge in [0.25, 0.3) is 0 Å². The van der Waals surface area contributed by atoms with Crippen LogP contribution in [-0.4, -0.2) is 56.0 Å². The van der Waals surface area contributed by atoms with Crippen LogP contribution in [0.3, 0.4) is 0 Å². The van der Waals surface area contributed by atoms with Gasteiger partial charge in [-0.05, 0) is 41.0 Å². The number of ether oxygens (including phenoxy) is 5. The minimum atomic E-state index is -0.816. The van der Waals surface area contributed by atoms with Crippen LogP contribution >= 0.6 is 0 Å². The molecule has 0 aromatic heterocycles. The molecule has 0 unspecified atom stereocenters. The molecule has 26 heavy (non-hydrogen) atoms. The normalized spacial score (nSPS) is 22.0. The predicted octanol–water partition coefficient (Wildman–Crippen LogP) is 3.48. The Balaban J connectivity index is 2.74. The summed E-state index contributed by atoms with van der Waals surface area (Å²) < 4.78 is 28.5. The van der Waals surface area contributed by atoms with Crippen molar-refractivity contribution in [3.63, 3.8) is 0 Å². The molecule has 152 valence electrons. The molecule has 0 aromatic rings. The van der Waals surface area contributed by atoms with Crippen LogP contribution in [0.2, 0.25) is 0 Å². The molecule has 6 heteroatoms. The largest absolute Gasteiger partial charge is 0.458 e. The summed E-state index contributed by atoms with van der Waals surface area (Å²) in [5.41, 5.74) is -0.603. The lowest BCUT2D eigenvalue weighted by molar-refractivity contribution is -0.180. The average Bonchev–Trinajstić information content (AvgIpc) is 2.87. The van der Waals surface area contributed by atoms with Crippen LogP contribution in [0.4, 0.5) is 0 Å². The van der Waals surface area contributed by atoms with Crippen molar-refractivity contribution in [3.05, 3.63) is 12.7 Å². The quantitative estimate of drug-likeness (QED) is 0.314. The lowest BCUT2D eigenvalue weighted by atomic mass is 9.95. The van der Waals surface area contributed by atoms with E-state index in [4.69, 9.17) is 23.7 Å². The van der Waals surface area contributed by atoms with Gasteiger partial charge in [0, 0.05) is 12.5 Å². The Labute approximate surface area is 158 Å². The first-order valence-electron chi connectivity index (χ1n) is 9.46. The lowest BCUT2D eigenvalue weighted by Crippen LogP contribution is -2.43. The highest BCUT2D eigenvalue weighted by atomic mass is 16.7. The first-order chi connectivity index (χ1) is 12.1. The average molecular weight is 373 g/mol. The molecule has 1 fully saturated rings. The molecule has 0 amide bonds. The van der Waals surface area contributed by atoms with Crippen molar-refractivity contribution < 1.29 is 28.5 Å². The Bertz CT molecular complexity index is 440. The van der Waals surface area contributed by atoms with Gasteiger partial charge in [-0.15, -0.1) is 6.58 Å². The van der Waals surface area contributed by atoms with Crippen molar-refractivity contribution in [2.24, 2.45) is 5.92 Å². The van der Waals surface area contributed by atoms with Crippen molar-refractivity contribution in [1.29, 1.82) is 0 Å². The second-order valence-electron chi connectivity index (χ2n) is 7.97. The molecule has 1 rings (SSSR count). The predicted molar refractivity (Wildman–Crippen MR) is 99.9 cm³/mol. The molecule has 1 aliphatic rings. The fourth-order valence-corrected chi connectivity index (χ4v) is 2.65. The number of esters is 1. The van der Waals surface area contributed by atoms with Crippen molar-refractivity contribution in [2.75, 3.05) is 26.4 Å². The van der Waals surface area contributed by atoms with Crippen LogP contribution in [0, 0.1) is 5.92 Å². The third-order valence-corrected chi connectivity index (χ3v) is 3.89. The number of hydrogen-bond donors (Lipinski definition) is 0. The van der Waals surface area contributed by atoms with E-state index in [9.17, 15) is 4.79 Å². The van der Waals surface area contributed by atoms with Gasteiger partial charge in [0.1, 0.15) is 5.60 Å². The summed E-state index contributed by atoms with van der Waals surface area (Å²) in [6.45, 7) is 17.0. The fourth-order valence-electron chi connectivity index (χ4n) is 2.65. The summed E-state index contributed by atoms with van der Waals surface area (Å²) in [5, 5.41) is 0. The number of carbonyl (C=O) groups is 1. The molecule has 0 aromatic carbocycles. The summed E-state index contributed by atoms with van der Waals surface area (Å²) in [6, 6.07) is 0. The van der Waals surface area contributed by atoms with Crippen molar-refractivity contribution in [2.45, 2.75) is 78.0 Å². The van der Waals surface area contributed by atoms with Crippen LogP contribution in [0.25, 0.3) is 0 Å². The van der Waals surface area contributed by atoms with E-state index >= 15 is 0 Å². The highest BCUT2D eigenvalue weighted by Crippen LogP contribution is 2.30. The standard InChI is InChI=1S/C20H36O6/c1-8-10-11-22-12-13-23-17(18(21)26-19(3,4)5)15(9-2)16-14-24-20(6,7)25-16/h9,15-17H,2,8,10-14H2,1,3-7H3/t15-,16+,17-/m1/s1. The SMILES string of the molecule is C=C[C@H]([C@@H]1COC(C)(C)O1)[C@@H](OCCOCCCC)C(=O)OC(C)(C)C. The summed E-state index contributed by atoms with van der Waals surface area (Å²) in [7, 11) is 0. The molecule has 0 N–H and O–H groups in total. The molecule has 1 saturated heterocycles. The van der Waals surface area contributed by atoms with Gasteiger partial charge >= 0.3 is 5.97 Å². The van der Waals surface area contributed by atoms with E-state index in [1.165, 1.54) is 0 Å². The zero-order valence-electron chi connectivity index (χ0n) is 17.2. The van der Waals surface area contributed by atoms with Gasteiger partial charge in [-0.3, -0.25) is 0 Å². The van der Waals surface area contributed by atoms with Gasteiger partial charge < -0.3 is 23.7 Å². The molecule has 6 nitrogen and oxygen atoms in total. The highest BCUT2D eigenvalue weighted by Gasteiger charge is 2.43. The first kappa shape index (κ1) is 23.1. The summed E-state index contributed by atoms with van der Waals surface area (Å²) >= 11 is 0. The zero-order chi connectivity index (χ0) is 19.8. The van der Waals surface area contributed by atoms with Crippen molar-refractivity contribution in [3.8, 4) is 0 Å². The molecule has 3 atom stereocenters. The van der Waals surface area contributed by atoms with Gasteiger partial charge in [0.15, 0.2) is 11.9 Å². The Morgan fingerprint density at radius 2 is 2.00 bits per heavy atom. The molecular weight excluding hydrogens is 336 g/mol. The van der Waals surface area contributed by atoms with E-state index in [-0.39, 0.29) is 12.0 Å². The Morgan fingerprint density at radius 1 is 1.31 bits per heavy atom. The van der Waals surface area contributed by atoms with Crippen LogP contribution in [0.5, 0.6) is 0 Å². The minimum absolute atomic E-state index is 0.301. The third kappa shape index (κ3) is 8.16. The maximum absolute atomic E-state index is 12.7. The lowest BCUT2D eigenvalue weighted by Gasteiger charge is -2.30. The van der Waals surface area contributed by atoms with Crippen LogP contribution in [0.1, 0.15) is 54.4 Å².